The molecule has 0 atom stereocenters. The topological polar surface area (TPSA) is 71.5 Å². The van der Waals surface area contributed by atoms with Crippen LogP contribution in [0.1, 0.15) is 27.2 Å². The van der Waals surface area contributed by atoms with Gasteiger partial charge in [-0.3, -0.25) is 14.6 Å². The number of halogens is 1. The third-order valence-corrected chi connectivity index (χ3v) is 5.60. The van der Waals surface area contributed by atoms with E-state index in [1.807, 2.05) is 32.7 Å². The standard InChI is InChI=1S/C23H37FN6O2/c1-5-25-23(27(4)18-22(32)28(6-2)7-3)26-13-12-21(31)30-16-14-29(15-17-30)20-10-8-19(24)9-11-20/h8-11H,5-7,12-18H2,1-4H3,(H,25,26). The van der Waals surface area contributed by atoms with Crippen LogP contribution in [-0.4, -0.2) is 98.4 Å². The average molecular weight is 449 g/mol. The number of hydrogen-bond donors (Lipinski definition) is 1. The van der Waals surface area contributed by atoms with Crippen molar-refractivity contribution in [1.29, 1.82) is 0 Å². The van der Waals surface area contributed by atoms with Gasteiger partial charge in [0.2, 0.25) is 11.8 Å². The number of rotatable bonds is 9. The minimum Gasteiger partial charge on any atom is -0.368 e. The Bertz CT molecular complexity index is 758. The second-order valence-corrected chi connectivity index (χ2v) is 7.75. The van der Waals surface area contributed by atoms with Crippen molar-refractivity contribution in [3.05, 3.63) is 30.1 Å². The number of guanidine groups is 1. The number of amides is 2. The van der Waals surface area contributed by atoms with Crippen LogP contribution in [0.2, 0.25) is 0 Å². The van der Waals surface area contributed by atoms with Crippen LogP contribution in [0.25, 0.3) is 0 Å². The van der Waals surface area contributed by atoms with Crippen LogP contribution in [0.4, 0.5) is 10.1 Å². The summed E-state index contributed by atoms with van der Waals surface area (Å²) in [5.41, 5.74) is 0.973. The lowest BCUT2D eigenvalue weighted by Crippen LogP contribution is -2.49. The van der Waals surface area contributed by atoms with E-state index in [4.69, 9.17) is 0 Å². The third-order valence-electron chi connectivity index (χ3n) is 5.60. The molecule has 0 radical (unpaired) electrons. The molecule has 0 bridgehead atoms. The first kappa shape index (κ1) is 25.4. The van der Waals surface area contributed by atoms with E-state index in [0.717, 1.165) is 18.8 Å². The van der Waals surface area contributed by atoms with E-state index in [0.29, 0.717) is 51.6 Å². The molecule has 1 N–H and O–H groups in total. The van der Waals surface area contributed by atoms with Crippen LogP contribution in [0, 0.1) is 5.82 Å². The molecule has 32 heavy (non-hydrogen) atoms. The van der Waals surface area contributed by atoms with Gasteiger partial charge in [-0.2, -0.15) is 0 Å². The van der Waals surface area contributed by atoms with E-state index in [-0.39, 0.29) is 24.2 Å². The molecule has 1 aliphatic rings. The molecule has 2 rings (SSSR count). The summed E-state index contributed by atoms with van der Waals surface area (Å²) in [4.78, 5) is 37.2. The van der Waals surface area contributed by atoms with Gasteiger partial charge in [-0.05, 0) is 45.0 Å². The second-order valence-electron chi connectivity index (χ2n) is 7.75. The summed E-state index contributed by atoms with van der Waals surface area (Å²) >= 11 is 0. The predicted octanol–water partition coefficient (Wildman–Crippen LogP) is 1.63. The summed E-state index contributed by atoms with van der Waals surface area (Å²) in [7, 11) is 1.83. The fourth-order valence-electron chi connectivity index (χ4n) is 3.71. The zero-order valence-corrected chi connectivity index (χ0v) is 19.8. The highest BCUT2D eigenvalue weighted by Crippen LogP contribution is 2.17. The van der Waals surface area contributed by atoms with Crippen molar-refractivity contribution in [2.75, 3.05) is 70.9 Å². The van der Waals surface area contributed by atoms with Crippen molar-refractivity contribution in [3.63, 3.8) is 0 Å². The van der Waals surface area contributed by atoms with Crippen LogP contribution in [-0.2, 0) is 9.59 Å². The van der Waals surface area contributed by atoms with Crippen molar-refractivity contribution in [1.82, 2.24) is 20.0 Å². The van der Waals surface area contributed by atoms with Gasteiger partial charge in [0.1, 0.15) is 5.82 Å². The first-order valence-corrected chi connectivity index (χ1v) is 11.4. The summed E-state index contributed by atoms with van der Waals surface area (Å²) in [6, 6.07) is 6.45. The van der Waals surface area contributed by atoms with Gasteiger partial charge < -0.3 is 24.9 Å². The fourth-order valence-corrected chi connectivity index (χ4v) is 3.71. The van der Waals surface area contributed by atoms with Crippen molar-refractivity contribution < 1.29 is 14.0 Å². The number of carbonyl (C=O) groups excluding carboxylic acids is 2. The zero-order valence-electron chi connectivity index (χ0n) is 19.8. The number of hydrogen-bond acceptors (Lipinski definition) is 4. The maximum Gasteiger partial charge on any atom is 0.242 e. The quantitative estimate of drug-likeness (QED) is 0.459. The summed E-state index contributed by atoms with van der Waals surface area (Å²) in [6.45, 7) is 11.3. The molecule has 1 aromatic carbocycles. The molecule has 0 unspecified atom stereocenters. The highest BCUT2D eigenvalue weighted by molar-refractivity contribution is 5.86. The highest BCUT2D eigenvalue weighted by atomic mass is 19.1. The molecular formula is C23H37FN6O2. The van der Waals surface area contributed by atoms with E-state index in [2.05, 4.69) is 15.2 Å². The van der Waals surface area contributed by atoms with Gasteiger partial charge in [-0.25, -0.2) is 4.39 Å². The predicted molar refractivity (Wildman–Crippen MR) is 126 cm³/mol. The molecule has 0 aromatic heterocycles. The van der Waals surface area contributed by atoms with Crippen molar-refractivity contribution >= 4 is 23.5 Å². The van der Waals surface area contributed by atoms with Crippen LogP contribution in [0.3, 0.4) is 0 Å². The largest absolute Gasteiger partial charge is 0.368 e. The number of aliphatic imine (C=N–C) groups is 1. The van der Waals surface area contributed by atoms with E-state index < -0.39 is 0 Å². The molecule has 0 spiro atoms. The number of carbonyl (C=O) groups is 2. The second kappa shape index (κ2) is 12.9. The molecular weight excluding hydrogens is 411 g/mol. The SMILES string of the molecule is CCNC(=NCCC(=O)N1CCN(c2ccc(F)cc2)CC1)N(C)CC(=O)N(CC)CC. The van der Waals surface area contributed by atoms with Gasteiger partial charge in [-0.1, -0.05) is 0 Å². The highest BCUT2D eigenvalue weighted by Gasteiger charge is 2.21. The number of piperazine rings is 1. The van der Waals surface area contributed by atoms with Gasteiger partial charge >= 0.3 is 0 Å². The molecule has 8 nitrogen and oxygen atoms in total. The van der Waals surface area contributed by atoms with Crippen LogP contribution in [0.5, 0.6) is 0 Å². The van der Waals surface area contributed by atoms with Gasteiger partial charge in [0.25, 0.3) is 0 Å². The number of nitrogens with one attached hydrogen (secondary N) is 1. The first-order chi connectivity index (χ1) is 15.4. The maximum atomic E-state index is 13.1. The van der Waals surface area contributed by atoms with Gasteiger partial charge in [0.05, 0.1) is 13.1 Å². The molecule has 2 amide bonds. The number of anilines is 1. The Labute approximate surface area is 191 Å². The van der Waals surface area contributed by atoms with Gasteiger partial charge in [0, 0.05) is 65.0 Å². The number of likely N-dealkylation sites (N-methyl/N-ethyl adjacent to an activating group) is 2. The Balaban J connectivity index is 1.83. The molecule has 1 saturated heterocycles. The van der Waals surface area contributed by atoms with Crippen molar-refractivity contribution in [2.24, 2.45) is 4.99 Å². The lowest BCUT2D eigenvalue weighted by atomic mass is 10.2. The Hall–Kier alpha value is -2.84. The summed E-state index contributed by atoms with van der Waals surface area (Å²) in [6.07, 6.45) is 0.323. The summed E-state index contributed by atoms with van der Waals surface area (Å²) in [5.74, 6) is 0.508. The molecule has 1 aromatic rings. The smallest absolute Gasteiger partial charge is 0.242 e. The van der Waals surface area contributed by atoms with Crippen LogP contribution in [0.15, 0.2) is 29.3 Å². The first-order valence-electron chi connectivity index (χ1n) is 11.4. The fraction of sp³-hybridized carbons (Fsp3) is 0.609. The Morgan fingerprint density at radius 2 is 1.69 bits per heavy atom. The lowest BCUT2D eigenvalue weighted by Gasteiger charge is -2.36. The van der Waals surface area contributed by atoms with Crippen LogP contribution >= 0.6 is 0 Å². The third kappa shape index (κ3) is 7.39. The summed E-state index contributed by atoms with van der Waals surface area (Å²) < 4.78 is 13.1. The van der Waals surface area contributed by atoms with E-state index >= 15 is 0 Å². The Kier molecular flexibility index (Phi) is 10.2. The number of nitrogens with zero attached hydrogens (tertiary/aromatic N) is 5. The molecule has 1 fully saturated rings. The van der Waals surface area contributed by atoms with E-state index in [1.165, 1.54) is 12.1 Å². The maximum absolute atomic E-state index is 13.1. The number of benzene rings is 1. The minimum atomic E-state index is -0.247. The molecule has 9 heteroatoms. The van der Waals surface area contributed by atoms with Crippen LogP contribution < -0.4 is 10.2 Å². The summed E-state index contributed by atoms with van der Waals surface area (Å²) in [5, 5.41) is 3.19. The molecule has 1 heterocycles. The van der Waals surface area contributed by atoms with E-state index in [1.54, 1.807) is 21.9 Å². The Morgan fingerprint density at radius 1 is 1.06 bits per heavy atom. The Morgan fingerprint density at radius 3 is 2.25 bits per heavy atom. The minimum absolute atomic E-state index is 0.0539. The normalized spacial score (nSPS) is 14.3. The zero-order chi connectivity index (χ0) is 23.5. The van der Waals surface area contributed by atoms with Crippen molar-refractivity contribution in [2.45, 2.75) is 27.2 Å². The lowest BCUT2D eigenvalue weighted by molar-refractivity contribution is -0.132. The average Bonchev–Trinajstić information content (AvgIpc) is 2.79. The molecule has 0 aliphatic carbocycles. The molecule has 0 saturated carbocycles. The monoisotopic (exact) mass is 448 g/mol. The van der Waals surface area contributed by atoms with Gasteiger partial charge in [0.15, 0.2) is 5.96 Å². The molecule has 178 valence electrons. The van der Waals surface area contributed by atoms with Crippen molar-refractivity contribution in [3.8, 4) is 0 Å². The van der Waals surface area contributed by atoms with Gasteiger partial charge in [-0.15, -0.1) is 0 Å². The molecule has 1 aliphatic heterocycles. The van der Waals surface area contributed by atoms with E-state index in [9.17, 15) is 14.0 Å².